The number of esters is 1. The van der Waals surface area contributed by atoms with Gasteiger partial charge in [0.2, 0.25) is 0 Å². The van der Waals surface area contributed by atoms with Crippen molar-refractivity contribution in [3.63, 3.8) is 0 Å². The zero-order chi connectivity index (χ0) is 24.0. The largest absolute Gasteiger partial charge is 0.487 e. The Hall–Kier alpha value is -2.30. The molecule has 10 heteroatoms. The molecule has 3 rings (SSSR count). The summed E-state index contributed by atoms with van der Waals surface area (Å²) < 4.78 is 22.9. The number of halogens is 1. The van der Waals surface area contributed by atoms with Crippen molar-refractivity contribution in [1.29, 1.82) is 0 Å². The maximum Gasteiger partial charge on any atom is 0.407 e. The number of fused-ring (bicyclic) bond motifs is 1. The predicted molar refractivity (Wildman–Crippen MR) is 130 cm³/mol. The number of nitrogens with zero attached hydrogens (tertiary/aromatic N) is 1. The molecule has 8 nitrogen and oxygen atoms in total. The number of anilines is 1. The number of amides is 1. The molecule has 1 amide bonds. The summed E-state index contributed by atoms with van der Waals surface area (Å²) in [5.41, 5.74) is 1.09. The normalized spacial score (nSPS) is 14.2. The predicted octanol–water partition coefficient (Wildman–Crippen LogP) is 4.61. The molecule has 1 aliphatic rings. The number of alkyl carbamates (subject to hydrolysis) is 1. The van der Waals surface area contributed by atoms with Crippen LogP contribution in [0.15, 0.2) is 34.1 Å². The van der Waals surface area contributed by atoms with Crippen molar-refractivity contribution in [2.45, 2.75) is 39.0 Å². The second-order valence-electron chi connectivity index (χ2n) is 8.45. The molecule has 0 fully saturated rings. The maximum absolute atomic E-state index is 12.5. The van der Waals surface area contributed by atoms with Gasteiger partial charge in [0.15, 0.2) is 5.75 Å². The second kappa shape index (κ2) is 11.2. The molecule has 1 aromatic carbocycles. The van der Waals surface area contributed by atoms with Crippen LogP contribution < -0.4 is 15.0 Å². The number of thiophene rings is 1. The third kappa shape index (κ3) is 6.84. The van der Waals surface area contributed by atoms with E-state index in [1.54, 1.807) is 0 Å². The Bertz CT molecular complexity index is 960. The summed E-state index contributed by atoms with van der Waals surface area (Å²) in [5, 5.41) is 2.84. The molecule has 33 heavy (non-hydrogen) atoms. The number of carbonyl (C=O) groups excluding carboxylic acids is 2. The molecule has 2 aromatic rings. The quantitative estimate of drug-likeness (QED) is 0.489. The molecule has 0 aliphatic carbocycles. The number of methoxy groups -OCH3 is 1. The van der Waals surface area contributed by atoms with E-state index in [4.69, 9.17) is 18.9 Å². The van der Waals surface area contributed by atoms with E-state index < -0.39 is 17.7 Å². The standard InChI is InChI=1S/C23H29BrN2O6S/c1-23(2,3)32-22(28)25-12-16(14-30-13-15-8-6-5-7-9-15)26-10-11-31-18-17(26)19(21(27)29-4)33-20(18)24/h5-9,16H,10-14H2,1-4H3,(H,25,28). The van der Waals surface area contributed by atoms with Gasteiger partial charge in [0.1, 0.15) is 26.6 Å². The zero-order valence-corrected chi connectivity index (χ0v) is 21.6. The lowest BCUT2D eigenvalue weighted by molar-refractivity contribution is 0.0505. The molecule has 1 unspecified atom stereocenters. The first-order valence-corrected chi connectivity index (χ1v) is 12.2. The minimum atomic E-state index is -0.605. The monoisotopic (exact) mass is 540 g/mol. The Labute approximate surface area is 206 Å². The molecule has 1 aromatic heterocycles. The number of nitrogens with one attached hydrogen (secondary N) is 1. The van der Waals surface area contributed by atoms with Gasteiger partial charge >= 0.3 is 12.1 Å². The summed E-state index contributed by atoms with van der Waals surface area (Å²) in [5.74, 6) is 0.151. The molecule has 0 saturated heterocycles. The fourth-order valence-electron chi connectivity index (χ4n) is 3.38. The number of hydrogen-bond acceptors (Lipinski definition) is 8. The highest BCUT2D eigenvalue weighted by Crippen LogP contribution is 2.48. The molecule has 0 radical (unpaired) electrons. The number of carbonyl (C=O) groups is 2. The van der Waals surface area contributed by atoms with E-state index in [1.807, 2.05) is 56.0 Å². The highest BCUT2D eigenvalue weighted by atomic mass is 79.9. The highest BCUT2D eigenvalue weighted by molar-refractivity contribution is 9.11. The van der Waals surface area contributed by atoms with Gasteiger partial charge < -0.3 is 29.2 Å². The lowest BCUT2D eigenvalue weighted by Gasteiger charge is -2.37. The molecule has 0 spiro atoms. The lowest BCUT2D eigenvalue weighted by atomic mass is 10.2. The second-order valence-corrected chi connectivity index (χ2v) is 10.8. The van der Waals surface area contributed by atoms with Crippen LogP contribution in [-0.2, 0) is 20.8 Å². The van der Waals surface area contributed by atoms with E-state index in [0.29, 0.717) is 46.5 Å². The molecular weight excluding hydrogens is 512 g/mol. The average Bonchev–Trinajstić information content (AvgIpc) is 3.12. The van der Waals surface area contributed by atoms with Gasteiger partial charge in [-0.25, -0.2) is 9.59 Å². The van der Waals surface area contributed by atoms with Crippen molar-refractivity contribution < 1.29 is 28.5 Å². The van der Waals surface area contributed by atoms with Crippen LogP contribution in [0.4, 0.5) is 10.5 Å². The Morgan fingerprint density at radius 3 is 2.67 bits per heavy atom. The third-order valence-corrected chi connectivity index (χ3v) is 6.55. The van der Waals surface area contributed by atoms with Gasteiger partial charge in [-0.3, -0.25) is 0 Å². The van der Waals surface area contributed by atoms with Crippen LogP contribution in [0.2, 0.25) is 0 Å². The minimum absolute atomic E-state index is 0.261. The van der Waals surface area contributed by atoms with Gasteiger partial charge in [0, 0.05) is 6.54 Å². The summed E-state index contributed by atoms with van der Waals surface area (Å²) in [6, 6.07) is 9.58. The van der Waals surface area contributed by atoms with Crippen LogP contribution >= 0.6 is 27.3 Å². The van der Waals surface area contributed by atoms with Crippen LogP contribution in [0.1, 0.15) is 36.0 Å². The van der Waals surface area contributed by atoms with Gasteiger partial charge in [-0.15, -0.1) is 11.3 Å². The van der Waals surface area contributed by atoms with Crippen molar-refractivity contribution in [1.82, 2.24) is 5.32 Å². The fourth-order valence-corrected chi connectivity index (χ4v) is 5.07. The van der Waals surface area contributed by atoms with Crippen LogP contribution in [-0.4, -0.2) is 57.1 Å². The SMILES string of the molecule is COC(=O)c1sc(Br)c2c1N(C(CNC(=O)OC(C)(C)C)COCc1ccccc1)CCO2. The van der Waals surface area contributed by atoms with E-state index in [2.05, 4.69) is 21.2 Å². The van der Waals surface area contributed by atoms with E-state index in [-0.39, 0.29) is 12.6 Å². The van der Waals surface area contributed by atoms with Crippen molar-refractivity contribution >= 4 is 45.0 Å². The number of rotatable bonds is 8. The highest BCUT2D eigenvalue weighted by Gasteiger charge is 2.35. The number of benzene rings is 1. The smallest absolute Gasteiger partial charge is 0.407 e. The van der Waals surface area contributed by atoms with Gasteiger partial charge in [0.05, 0.1) is 32.9 Å². The third-order valence-electron chi connectivity index (χ3n) is 4.78. The van der Waals surface area contributed by atoms with Crippen molar-refractivity contribution in [3.05, 3.63) is 44.6 Å². The Kier molecular flexibility index (Phi) is 8.61. The number of hydrogen-bond donors (Lipinski definition) is 1. The molecule has 0 saturated carbocycles. The Morgan fingerprint density at radius 2 is 2.00 bits per heavy atom. The summed E-state index contributed by atoms with van der Waals surface area (Å²) >= 11 is 4.75. The van der Waals surface area contributed by atoms with Gasteiger partial charge in [-0.05, 0) is 42.3 Å². The molecular formula is C23H29BrN2O6S. The topological polar surface area (TPSA) is 86.3 Å². The molecule has 2 heterocycles. The van der Waals surface area contributed by atoms with Gasteiger partial charge in [-0.2, -0.15) is 0 Å². The van der Waals surface area contributed by atoms with Gasteiger partial charge in [-0.1, -0.05) is 30.3 Å². The van der Waals surface area contributed by atoms with E-state index in [9.17, 15) is 9.59 Å². The average molecular weight is 541 g/mol. The summed E-state index contributed by atoms with van der Waals surface area (Å²) in [6.45, 7) is 7.40. The summed E-state index contributed by atoms with van der Waals surface area (Å²) in [7, 11) is 1.35. The Morgan fingerprint density at radius 1 is 1.27 bits per heavy atom. The van der Waals surface area contributed by atoms with Crippen molar-refractivity contribution in [3.8, 4) is 5.75 Å². The van der Waals surface area contributed by atoms with Crippen molar-refractivity contribution in [2.75, 3.05) is 38.3 Å². The fraction of sp³-hybridized carbons (Fsp3) is 0.478. The van der Waals surface area contributed by atoms with E-state index >= 15 is 0 Å². The molecule has 1 N–H and O–H groups in total. The first-order valence-electron chi connectivity index (χ1n) is 10.6. The van der Waals surface area contributed by atoms with Crippen LogP contribution in [0.5, 0.6) is 5.75 Å². The molecule has 1 aliphatic heterocycles. The first-order chi connectivity index (χ1) is 15.7. The first kappa shape index (κ1) is 25.3. The molecule has 180 valence electrons. The van der Waals surface area contributed by atoms with Crippen LogP contribution in [0, 0.1) is 0 Å². The molecule has 1 atom stereocenters. The summed E-state index contributed by atoms with van der Waals surface area (Å²) in [4.78, 5) is 27.2. The van der Waals surface area contributed by atoms with E-state index in [0.717, 1.165) is 5.56 Å². The van der Waals surface area contributed by atoms with E-state index in [1.165, 1.54) is 18.4 Å². The summed E-state index contributed by atoms with van der Waals surface area (Å²) in [6.07, 6.45) is -0.510. The van der Waals surface area contributed by atoms with Gasteiger partial charge in [0.25, 0.3) is 0 Å². The Balaban J connectivity index is 1.81. The zero-order valence-electron chi connectivity index (χ0n) is 19.2. The van der Waals surface area contributed by atoms with Crippen molar-refractivity contribution in [2.24, 2.45) is 0 Å². The lowest BCUT2D eigenvalue weighted by Crippen LogP contribution is -2.50. The van der Waals surface area contributed by atoms with Crippen LogP contribution in [0.3, 0.4) is 0 Å². The minimum Gasteiger partial charge on any atom is -0.487 e. The maximum atomic E-state index is 12.5. The number of ether oxygens (including phenoxy) is 4. The van der Waals surface area contributed by atoms with Crippen LogP contribution in [0.25, 0.3) is 0 Å². The molecule has 0 bridgehead atoms.